The molecule has 1 aliphatic heterocycles. The Morgan fingerprint density at radius 2 is 1.69 bits per heavy atom. The average molecular weight is 422 g/mol. The van der Waals surface area contributed by atoms with E-state index in [-0.39, 0.29) is 17.5 Å². The van der Waals surface area contributed by atoms with Crippen molar-refractivity contribution in [2.24, 2.45) is 0 Å². The van der Waals surface area contributed by atoms with Crippen LogP contribution in [0.15, 0.2) is 42.5 Å². The van der Waals surface area contributed by atoms with Crippen molar-refractivity contribution in [2.45, 2.75) is 36.9 Å². The van der Waals surface area contributed by atoms with Crippen LogP contribution in [0.25, 0.3) is 10.1 Å². The molecule has 1 aliphatic rings. The number of ether oxygens (including phenoxy) is 1. The van der Waals surface area contributed by atoms with Crippen molar-refractivity contribution in [3.63, 3.8) is 0 Å². The molecule has 1 fully saturated rings. The van der Waals surface area contributed by atoms with Gasteiger partial charge in [-0.15, -0.1) is 11.3 Å². The van der Waals surface area contributed by atoms with Crippen LogP contribution in [0.1, 0.15) is 22.1 Å². The summed E-state index contributed by atoms with van der Waals surface area (Å²) >= 11 is 1.50. The molecule has 0 spiro atoms. The van der Waals surface area contributed by atoms with Gasteiger partial charge >= 0.3 is 0 Å². The molecule has 0 bridgehead atoms. The van der Waals surface area contributed by atoms with Gasteiger partial charge in [0, 0.05) is 27.6 Å². The highest BCUT2D eigenvalue weighted by molar-refractivity contribution is 7.19. The summed E-state index contributed by atoms with van der Waals surface area (Å²) in [4.78, 5) is 0.886. The predicted octanol–water partition coefficient (Wildman–Crippen LogP) is 2.29. The first-order valence-corrected chi connectivity index (χ1v) is 9.96. The molecule has 1 saturated heterocycles. The standard InChI is InChI=1S/C21H20F2O5S/c22-14-8-15(23)13(21-20(27)19(26)18(25)16(9-24)28-21)7-11(14)6-12-5-10-3-1-2-4-17(10)29-12/h1-5,7-8,16,18-21,24-27H,6,9H2/t16-,18-,19+,20-,21+/m1/s1. The van der Waals surface area contributed by atoms with Gasteiger partial charge in [-0.3, -0.25) is 0 Å². The van der Waals surface area contributed by atoms with Crippen LogP contribution >= 0.6 is 11.3 Å². The van der Waals surface area contributed by atoms with Crippen LogP contribution < -0.4 is 0 Å². The first-order valence-electron chi connectivity index (χ1n) is 9.15. The highest BCUT2D eigenvalue weighted by Crippen LogP contribution is 2.35. The van der Waals surface area contributed by atoms with Crippen molar-refractivity contribution < 1.29 is 33.9 Å². The van der Waals surface area contributed by atoms with Crippen LogP contribution in [-0.4, -0.2) is 51.4 Å². The van der Waals surface area contributed by atoms with E-state index in [1.54, 1.807) is 0 Å². The summed E-state index contributed by atoms with van der Waals surface area (Å²) in [5.74, 6) is -1.67. The molecule has 4 N–H and O–H groups in total. The van der Waals surface area contributed by atoms with Crippen LogP contribution in [-0.2, 0) is 11.2 Å². The van der Waals surface area contributed by atoms with Gasteiger partial charge in [-0.2, -0.15) is 0 Å². The van der Waals surface area contributed by atoms with Gasteiger partial charge in [-0.1, -0.05) is 18.2 Å². The van der Waals surface area contributed by atoms with Crippen LogP contribution in [0.4, 0.5) is 8.78 Å². The van der Waals surface area contributed by atoms with Crippen LogP contribution in [0, 0.1) is 11.6 Å². The number of thiophene rings is 1. The van der Waals surface area contributed by atoms with E-state index < -0.39 is 48.8 Å². The summed E-state index contributed by atoms with van der Waals surface area (Å²) < 4.78 is 35.4. The quantitative estimate of drug-likeness (QED) is 0.518. The molecule has 2 aromatic carbocycles. The normalized spacial score (nSPS) is 27.4. The second-order valence-electron chi connectivity index (χ2n) is 7.14. The van der Waals surface area contributed by atoms with Crippen molar-refractivity contribution in [2.75, 3.05) is 6.61 Å². The maximum absolute atomic E-state index is 14.5. The molecule has 0 aliphatic carbocycles. The molecular weight excluding hydrogens is 402 g/mol. The van der Waals surface area contributed by atoms with E-state index in [1.165, 1.54) is 17.4 Å². The number of rotatable bonds is 4. The number of aliphatic hydroxyl groups is 4. The van der Waals surface area contributed by atoms with Crippen molar-refractivity contribution in [3.8, 4) is 0 Å². The first-order chi connectivity index (χ1) is 13.9. The van der Waals surface area contributed by atoms with E-state index in [1.807, 2.05) is 30.3 Å². The molecule has 154 valence electrons. The minimum Gasteiger partial charge on any atom is -0.394 e. The second-order valence-corrected chi connectivity index (χ2v) is 8.31. The summed E-state index contributed by atoms with van der Waals surface area (Å²) in [6.07, 6.45) is -7.13. The predicted molar refractivity (Wildman–Crippen MR) is 104 cm³/mol. The fraction of sp³-hybridized carbons (Fsp3) is 0.333. The van der Waals surface area contributed by atoms with Gasteiger partial charge in [0.1, 0.15) is 42.2 Å². The second kappa shape index (κ2) is 8.06. The van der Waals surface area contributed by atoms with E-state index in [0.717, 1.165) is 21.0 Å². The number of aliphatic hydroxyl groups excluding tert-OH is 4. The Bertz CT molecular complexity index is 988. The third kappa shape index (κ3) is 3.79. The van der Waals surface area contributed by atoms with E-state index in [4.69, 9.17) is 4.74 Å². The number of fused-ring (bicyclic) bond motifs is 1. The smallest absolute Gasteiger partial charge is 0.132 e. The summed E-state index contributed by atoms with van der Waals surface area (Å²) in [5.41, 5.74) is 0.0735. The molecule has 29 heavy (non-hydrogen) atoms. The Labute approximate surface area is 169 Å². The Kier molecular flexibility index (Phi) is 5.65. The van der Waals surface area contributed by atoms with Gasteiger partial charge in [0.25, 0.3) is 0 Å². The van der Waals surface area contributed by atoms with Crippen LogP contribution in [0.5, 0.6) is 0 Å². The molecule has 5 atom stereocenters. The summed E-state index contributed by atoms with van der Waals surface area (Å²) in [7, 11) is 0. The lowest BCUT2D eigenvalue weighted by Crippen LogP contribution is -2.55. The zero-order valence-electron chi connectivity index (χ0n) is 15.2. The van der Waals surface area contributed by atoms with Gasteiger partial charge in [-0.05, 0) is 29.1 Å². The van der Waals surface area contributed by atoms with Crippen molar-refractivity contribution >= 4 is 21.4 Å². The summed E-state index contributed by atoms with van der Waals surface area (Å²) in [6.45, 7) is -0.626. The highest BCUT2D eigenvalue weighted by Gasteiger charge is 2.44. The van der Waals surface area contributed by atoms with Crippen molar-refractivity contribution in [3.05, 3.63) is 70.1 Å². The minimum absolute atomic E-state index is 0.139. The van der Waals surface area contributed by atoms with E-state index in [2.05, 4.69) is 0 Å². The third-order valence-corrected chi connectivity index (χ3v) is 6.32. The fourth-order valence-corrected chi connectivity index (χ4v) is 4.72. The first kappa shape index (κ1) is 20.3. The Morgan fingerprint density at radius 3 is 2.41 bits per heavy atom. The zero-order chi connectivity index (χ0) is 20.7. The van der Waals surface area contributed by atoms with Gasteiger partial charge < -0.3 is 25.2 Å². The van der Waals surface area contributed by atoms with E-state index in [9.17, 15) is 29.2 Å². The Hall–Kier alpha value is -1.94. The Morgan fingerprint density at radius 1 is 0.931 bits per heavy atom. The largest absolute Gasteiger partial charge is 0.394 e. The molecular formula is C21H20F2O5S. The fourth-order valence-electron chi connectivity index (χ4n) is 3.64. The van der Waals surface area contributed by atoms with Crippen LogP contribution in [0.3, 0.4) is 0 Å². The summed E-state index contributed by atoms with van der Waals surface area (Å²) in [6, 6.07) is 11.7. The number of hydrogen-bond acceptors (Lipinski definition) is 6. The lowest BCUT2D eigenvalue weighted by Gasteiger charge is -2.40. The van der Waals surface area contributed by atoms with Gasteiger partial charge in [0.15, 0.2) is 0 Å². The molecule has 4 rings (SSSR count). The van der Waals surface area contributed by atoms with Gasteiger partial charge in [-0.25, -0.2) is 8.78 Å². The lowest BCUT2D eigenvalue weighted by atomic mass is 9.90. The topological polar surface area (TPSA) is 90.2 Å². The molecule has 0 amide bonds. The lowest BCUT2D eigenvalue weighted by molar-refractivity contribution is -0.232. The minimum atomic E-state index is -1.64. The molecule has 0 saturated carbocycles. The monoisotopic (exact) mass is 422 g/mol. The number of benzene rings is 2. The molecule has 3 aromatic rings. The molecule has 5 nitrogen and oxygen atoms in total. The molecule has 2 heterocycles. The SMILES string of the molecule is OC[C@H]1O[C@@H](c2cc(Cc3cc4ccccc4s3)c(F)cc2F)[C@H](O)[C@@H](O)[C@@H]1O. The molecule has 1 aromatic heterocycles. The summed E-state index contributed by atoms with van der Waals surface area (Å²) in [5, 5.41) is 40.5. The van der Waals surface area contributed by atoms with Crippen LogP contribution in [0.2, 0.25) is 0 Å². The van der Waals surface area contributed by atoms with Crippen molar-refractivity contribution in [1.29, 1.82) is 0 Å². The maximum atomic E-state index is 14.5. The highest BCUT2D eigenvalue weighted by atomic mass is 32.1. The number of halogens is 2. The maximum Gasteiger partial charge on any atom is 0.132 e. The average Bonchev–Trinajstić information content (AvgIpc) is 3.11. The van der Waals surface area contributed by atoms with Gasteiger partial charge in [0.2, 0.25) is 0 Å². The molecule has 0 radical (unpaired) electrons. The molecule has 0 unspecified atom stereocenters. The zero-order valence-corrected chi connectivity index (χ0v) is 16.0. The van der Waals surface area contributed by atoms with E-state index >= 15 is 0 Å². The van der Waals surface area contributed by atoms with Crippen molar-refractivity contribution in [1.82, 2.24) is 0 Å². The third-order valence-electron chi connectivity index (χ3n) is 5.21. The van der Waals surface area contributed by atoms with Gasteiger partial charge in [0.05, 0.1) is 6.61 Å². The Balaban J connectivity index is 1.68. The van der Waals surface area contributed by atoms with E-state index in [0.29, 0.717) is 0 Å². The number of hydrogen-bond donors (Lipinski definition) is 4. The molecule has 8 heteroatoms.